The van der Waals surface area contributed by atoms with E-state index in [1.54, 1.807) is 0 Å². The number of hydrogen-bond donors (Lipinski definition) is 0. The zero-order valence-electron chi connectivity index (χ0n) is 13.4. The van der Waals surface area contributed by atoms with Crippen LogP contribution in [0.1, 0.15) is 11.3 Å². The van der Waals surface area contributed by atoms with Gasteiger partial charge < -0.3 is 9.80 Å². The van der Waals surface area contributed by atoms with Crippen LogP contribution in [0.3, 0.4) is 0 Å². The van der Waals surface area contributed by atoms with Crippen LogP contribution in [0.15, 0.2) is 47.7 Å². The molecule has 4 nitrogen and oxygen atoms in total. The topological polar surface area (TPSA) is 22.7 Å². The first-order valence-corrected chi connectivity index (χ1v) is 6.99. The van der Waals surface area contributed by atoms with Crippen LogP contribution in [-0.2, 0) is 0 Å². The summed E-state index contributed by atoms with van der Waals surface area (Å²) in [6, 6.07) is 12.4. The van der Waals surface area contributed by atoms with Crippen molar-refractivity contribution in [3.63, 3.8) is 0 Å². The van der Waals surface area contributed by atoms with Crippen LogP contribution in [0.5, 0.6) is 0 Å². The molecule has 1 heterocycles. The molecule has 0 aliphatic carbocycles. The molecule has 0 aliphatic rings. The van der Waals surface area contributed by atoms with Gasteiger partial charge in [0.25, 0.3) is 0 Å². The minimum Gasteiger partial charge on any atom is -0.378 e. The third-order valence-electron chi connectivity index (χ3n) is 3.42. The van der Waals surface area contributed by atoms with Crippen LogP contribution >= 0.6 is 0 Å². The summed E-state index contributed by atoms with van der Waals surface area (Å²) in [5.74, 6) is 0. The molecule has 0 atom stereocenters. The lowest BCUT2D eigenvalue weighted by Gasteiger charge is -2.12. The Hall–Kier alpha value is -2.36. The number of benzene rings is 1. The summed E-state index contributed by atoms with van der Waals surface area (Å²) in [7, 11) is 8.15. The average molecular weight is 283 g/mol. The van der Waals surface area contributed by atoms with Crippen LogP contribution in [0.25, 0.3) is 0 Å². The van der Waals surface area contributed by atoms with E-state index in [-0.39, 0.29) is 0 Å². The van der Waals surface area contributed by atoms with Crippen LogP contribution in [0, 0.1) is 6.92 Å². The molecule has 0 bridgehead atoms. The van der Waals surface area contributed by atoms with Gasteiger partial charge in [-0.25, -0.2) is 0 Å². The number of anilines is 2. The van der Waals surface area contributed by atoms with E-state index in [1.165, 1.54) is 5.69 Å². The molecular formula is C17H23N4+. The normalized spacial score (nSPS) is 10.9. The Morgan fingerprint density at radius 1 is 0.952 bits per heavy atom. The number of aromatic nitrogens is 1. The van der Waals surface area contributed by atoms with Crippen molar-refractivity contribution >= 4 is 17.6 Å². The van der Waals surface area contributed by atoms with Gasteiger partial charge in [-0.3, -0.25) is 0 Å². The summed E-state index contributed by atoms with van der Waals surface area (Å²) in [4.78, 5) is 4.17. The van der Waals surface area contributed by atoms with E-state index >= 15 is 0 Å². The van der Waals surface area contributed by atoms with E-state index in [1.807, 2.05) is 51.3 Å². The lowest BCUT2D eigenvalue weighted by Crippen LogP contribution is -2.33. The molecule has 2 rings (SSSR count). The molecule has 0 amide bonds. The van der Waals surface area contributed by atoms with Gasteiger partial charge in [-0.15, -0.1) is 0 Å². The quantitative estimate of drug-likeness (QED) is 0.635. The molecular weight excluding hydrogens is 260 g/mol. The Morgan fingerprint density at radius 3 is 2.19 bits per heavy atom. The molecule has 0 spiro atoms. The maximum absolute atomic E-state index is 4.54. The van der Waals surface area contributed by atoms with Crippen LogP contribution < -0.4 is 14.5 Å². The Labute approximate surface area is 126 Å². The Balaban J connectivity index is 2.23. The van der Waals surface area contributed by atoms with Crippen molar-refractivity contribution in [3.05, 3.63) is 53.9 Å². The molecule has 21 heavy (non-hydrogen) atoms. The molecule has 4 heteroatoms. The number of pyridine rings is 1. The van der Waals surface area contributed by atoms with Crippen molar-refractivity contribution in [1.82, 2.24) is 0 Å². The monoisotopic (exact) mass is 283 g/mol. The summed E-state index contributed by atoms with van der Waals surface area (Å²) in [5.41, 5.74) is 4.55. The first-order chi connectivity index (χ1) is 9.99. The minimum absolute atomic E-state index is 1.09. The van der Waals surface area contributed by atoms with Gasteiger partial charge in [0.15, 0.2) is 0 Å². The highest BCUT2D eigenvalue weighted by Gasteiger charge is 2.11. The molecule has 0 saturated carbocycles. The van der Waals surface area contributed by atoms with Gasteiger partial charge in [-0.1, -0.05) is 16.8 Å². The first-order valence-electron chi connectivity index (χ1n) is 6.99. The molecule has 1 aromatic heterocycles. The van der Waals surface area contributed by atoms with Crippen LogP contribution in [0.4, 0.5) is 11.4 Å². The maximum atomic E-state index is 4.54. The zero-order chi connectivity index (χ0) is 15.4. The van der Waals surface area contributed by atoms with Crippen LogP contribution in [-0.4, -0.2) is 34.4 Å². The van der Waals surface area contributed by atoms with Crippen molar-refractivity contribution in [2.75, 3.05) is 38.0 Å². The first kappa shape index (κ1) is 15.0. The average Bonchev–Trinajstić information content (AvgIpc) is 2.46. The van der Waals surface area contributed by atoms with E-state index in [4.69, 9.17) is 0 Å². The summed E-state index contributed by atoms with van der Waals surface area (Å²) >= 11 is 0. The molecule has 0 aliphatic heterocycles. The molecule has 0 N–H and O–H groups in total. The van der Waals surface area contributed by atoms with E-state index in [0.717, 1.165) is 16.9 Å². The molecule has 1 aromatic carbocycles. The summed E-state index contributed by atoms with van der Waals surface area (Å²) in [6.45, 7) is 2.07. The fourth-order valence-electron chi connectivity index (χ4n) is 2.15. The second kappa shape index (κ2) is 6.39. The third kappa shape index (κ3) is 3.60. The molecule has 2 aromatic rings. The highest BCUT2D eigenvalue weighted by Crippen LogP contribution is 2.13. The summed E-state index contributed by atoms with van der Waals surface area (Å²) in [5, 5.41) is 4.54. The van der Waals surface area contributed by atoms with Gasteiger partial charge in [-0.05, 0) is 28.9 Å². The fraction of sp³-hybridized carbons (Fsp3) is 0.294. The van der Waals surface area contributed by atoms with Crippen molar-refractivity contribution in [2.24, 2.45) is 5.10 Å². The predicted molar refractivity (Wildman–Crippen MR) is 89.5 cm³/mol. The van der Waals surface area contributed by atoms with E-state index in [2.05, 4.69) is 52.2 Å². The summed E-state index contributed by atoms with van der Waals surface area (Å²) < 4.78 is 1.90. The predicted octanol–water partition coefficient (Wildman–Crippen LogP) is 2.30. The Morgan fingerprint density at radius 2 is 1.62 bits per heavy atom. The van der Waals surface area contributed by atoms with Gasteiger partial charge in [-0.2, -0.15) is 0 Å². The Kier molecular flexibility index (Phi) is 4.58. The molecule has 0 saturated heterocycles. The minimum atomic E-state index is 1.09. The second-order valence-corrected chi connectivity index (χ2v) is 5.45. The van der Waals surface area contributed by atoms with Crippen molar-refractivity contribution in [2.45, 2.75) is 6.92 Å². The molecule has 110 valence electrons. The van der Waals surface area contributed by atoms with Gasteiger partial charge in [0, 0.05) is 46.9 Å². The van der Waals surface area contributed by atoms with Gasteiger partial charge in [0.05, 0.1) is 0 Å². The van der Waals surface area contributed by atoms with Crippen molar-refractivity contribution in [3.8, 4) is 0 Å². The lowest BCUT2D eigenvalue weighted by atomic mass is 10.2. The Bertz CT molecular complexity index is 628. The fourth-order valence-corrected chi connectivity index (χ4v) is 2.15. The molecule has 0 fully saturated rings. The SMILES string of the molecule is Cc1c(N(C)C)ccc[n+]1N=Cc1ccc(N(C)C)cc1. The number of hydrogen-bond acceptors (Lipinski definition) is 3. The van der Waals surface area contributed by atoms with Crippen molar-refractivity contribution in [1.29, 1.82) is 0 Å². The molecule has 0 unspecified atom stereocenters. The summed E-state index contributed by atoms with van der Waals surface area (Å²) in [6.07, 6.45) is 3.85. The van der Waals surface area contributed by atoms with Crippen LogP contribution in [0.2, 0.25) is 0 Å². The highest BCUT2D eigenvalue weighted by molar-refractivity contribution is 5.79. The van der Waals surface area contributed by atoms with E-state index < -0.39 is 0 Å². The van der Waals surface area contributed by atoms with Gasteiger partial charge >= 0.3 is 0 Å². The van der Waals surface area contributed by atoms with E-state index in [9.17, 15) is 0 Å². The number of nitrogens with zero attached hydrogens (tertiary/aromatic N) is 4. The smallest absolute Gasteiger partial charge is 0.234 e. The van der Waals surface area contributed by atoms with Gasteiger partial charge in [0.2, 0.25) is 11.9 Å². The van der Waals surface area contributed by atoms with Gasteiger partial charge in [0.1, 0.15) is 11.9 Å². The van der Waals surface area contributed by atoms with E-state index in [0.29, 0.717) is 0 Å². The third-order valence-corrected chi connectivity index (χ3v) is 3.42. The molecule has 0 radical (unpaired) electrons. The number of rotatable bonds is 4. The highest BCUT2D eigenvalue weighted by atomic mass is 15.3. The standard InChI is InChI=1S/C17H23N4/c1-14-17(20(4)5)7-6-12-21(14)18-13-15-8-10-16(11-9-15)19(2)3/h6-13H,1-5H3/q+1. The largest absolute Gasteiger partial charge is 0.378 e. The van der Waals surface area contributed by atoms with Crippen molar-refractivity contribution < 1.29 is 4.68 Å². The maximum Gasteiger partial charge on any atom is 0.234 e. The second-order valence-electron chi connectivity index (χ2n) is 5.45. The zero-order valence-corrected chi connectivity index (χ0v) is 13.4. The lowest BCUT2D eigenvalue weighted by molar-refractivity contribution is -0.683.